The van der Waals surface area contributed by atoms with Crippen molar-refractivity contribution in [2.45, 2.75) is 31.0 Å². The highest BCUT2D eigenvalue weighted by molar-refractivity contribution is 9.10. The van der Waals surface area contributed by atoms with E-state index in [1.807, 2.05) is 18.2 Å². The summed E-state index contributed by atoms with van der Waals surface area (Å²) >= 11 is 3.38. The van der Waals surface area contributed by atoms with Crippen molar-refractivity contribution in [1.29, 1.82) is 0 Å². The van der Waals surface area contributed by atoms with Crippen molar-refractivity contribution >= 4 is 15.9 Å². The van der Waals surface area contributed by atoms with Crippen LogP contribution in [0.2, 0.25) is 0 Å². The van der Waals surface area contributed by atoms with Crippen molar-refractivity contribution in [1.82, 2.24) is 0 Å². The van der Waals surface area contributed by atoms with E-state index in [0.29, 0.717) is 5.75 Å². The van der Waals surface area contributed by atoms with Crippen LogP contribution < -0.4 is 10.5 Å². The predicted molar refractivity (Wildman–Crippen MR) is 73.9 cm³/mol. The second kappa shape index (κ2) is 5.38. The molecular formula is C13H18BrNO4. The highest BCUT2D eigenvalue weighted by Crippen LogP contribution is 2.41. The zero-order valence-electron chi connectivity index (χ0n) is 11.1. The minimum atomic E-state index is -1.07. The van der Waals surface area contributed by atoms with Gasteiger partial charge in [-0.15, -0.1) is 0 Å². The quantitative estimate of drug-likeness (QED) is 0.822. The Morgan fingerprint density at radius 1 is 1.42 bits per heavy atom. The lowest BCUT2D eigenvalue weighted by Crippen LogP contribution is -2.61. The fraction of sp³-hybridized carbons (Fsp3) is 0.538. The molecule has 0 aliphatic carbocycles. The van der Waals surface area contributed by atoms with E-state index in [-0.39, 0.29) is 0 Å². The fourth-order valence-electron chi connectivity index (χ4n) is 2.45. The molecule has 0 saturated carbocycles. The van der Waals surface area contributed by atoms with Gasteiger partial charge < -0.3 is 25.1 Å². The molecule has 1 aliphatic rings. The zero-order valence-corrected chi connectivity index (χ0v) is 12.7. The highest BCUT2D eigenvalue weighted by atomic mass is 79.9. The molecule has 0 unspecified atom stereocenters. The molecule has 19 heavy (non-hydrogen) atoms. The molecule has 0 amide bonds. The van der Waals surface area contributed by atoms with E-state index in [1.54, 1.807) is 6.92 Å². The number of methoxy groups -OCH3 is 2. The standard InChI is InChI=1S/C13H18BrNO4/c1-13(12(17-2)18-3)11(16)10(15)8-6-7(14)4-5-9(8)19-13/h4-6,10-12,16H,15H2,1-3H3/t10-,11+,13+/m1/s1. The molecule has 0 fully saturated rings. The first-order chi connectivity index (χ1) is 8.93. The Morgan fingerprint density at radius 2 is 2.05 bits per heavy atom. The lowest BCUT2D eigenvalue weighted by atomic mass is 9.85. The third-order valence-corrected chi connectivity index (χ3v) is 3.98. The average Bonchev–Trinajstić information content (AvgIpc) is 2.39. The van der Waals surface area contributed by atoms with Crippen LogP contribution in [0.5, 0.6) is 5.75 Å². The number of rotatable bonds is 3. The van der Waals surface area contributed by atoms with Gasteiger partial charge in [-0.1, -0.05) is 15.9 Å². The van der Waals surface area contributed by atoms with Crippen LogP contribution in [-0.2, 0) is 9.47 Å². The second-order valence-corrected chi connectivity index (χ2v) is 5.66. The number of fused-ring (bicyclic) bond motifs is 1. The van der Waals surface area contributed by atoms with Crippen LogP contribution in [0.3, 0.4) is 0 Å². The van der Waals surface area contributed by atoms with Crippen LogP contribution in [0.15, 0.2) is 22.7 Å². The number of hydrogen-bond acceptors (Lipinski definition) is 5. The van der Waals surface area contributed by atoms with Gasteiger partial charge in [-0.3, -0.25) is 0 Å². The summed E-state index contributed by atoms with van der Waals surface area (Å²) < 4.78 is 17.2. The molecule has 1 aromatic carbocycles. The smallest absolute Gasteiger partial charge is 0.199 e. The molecule has 1 aromatic rings. The Morgan fingerprint density at radius 3 is 2.63 bits per heavy atom. The molecule has 3 N–H and O–H groups in total. The fourth-order valence-corrected chi connectivity index (χ4v) is 2.83. The summed E-state index contributed by atoms with van der Waals surface area (Å²) in [7, 11) is 3.00. The molecule has 3 atom stereocenters. The minimum absolute atomic E-state index is 0.570. The summed E-state index contributed by atoms with van der Waals surface area (Å²) in [4.78, 5) is 0. The first-order valence-electron chi connectivity index (χ1n) is 5.91. The van der Waals surface area contributed by atoms with Gasteiger partial charge in [0.25, 0.3) is 0 Å². The van der Waals surface area contributed by atoms with E-state index < -0.39 is 24.0 Å². The number of nitrogens with two attached hydrogens (primary N) is 1. The number of ether oxygens (including phenoxy) is 3. The molecule has 1 aliphatic heterocycles. The zero-order chi connectivity index (χ0) is 14.2. The molecule has 106 valence electrons. The second-order valence-electron chi connectivity index (χ2n) is 4.74. The van der Waals surface area contributed by atoms with E-state index in [9.17, 15) is 5.11 Å². The Bertz CT molecular complexity index is 466. The van der Waals surface area contributed by atoms with Gasteiger partial charge in [-0.25, -0.2) is 0 Å². The maximum Gasteiger partial charge on any atom is 0.199 e. The minimum Gasteiger partial charge on any atom is -0.479 e. The molecule has 6 heteroatoms. The van der Waals surface area contributed by atoms with Crippen molar-refractivity contribution in [3.05, 3.63) is 28.2 Å². The summed E-state index contributed by atoms with van der Waals surface area (Å²) in [5.74, 6) is 0.627. The van der Waals surface area contributed by atoms with Crippen LogP contribution in [-0.4, -0.2) is 37.3 Å². The van der Waals surface area contributed by atoms with E-state index in [2.05, 4.69) is 15.9 Å². The lowest BCUT2D eigenvalue weighted by Gasteiger charge is -2.45. The first kappa shape index (κ1) is 14.7. The largest absolute Gasteiger partial charge is 0.479 e. The highest BCUT2D eigenvalue weighted by Gasteiger charge is 2.51. The molecule has 1 heterocycles. The summed E-state index contributed by atoms with van der Waals surface area (Å²) in [6.45, 7) is 1.72. The molecule has 0 radical (unpaired) electrons. The van der Waals surface area contributed by atoms with Gasteiger partial charge in [-0.05, 0) is 25.1 Å². The van der Waals surface area contributed by atoms with Gasteiger partial charge in [0.15, 0.2) is 11.9 Å². The third-order valence-electron chi connectivity index (χ3n) is 3.48. The van der Waals surface area contributed by atoms with Crippen molar-refractivity contribution < 1.29 is 19.3 Å². The summed E-state index contributed by atoms with van der Waals surface area (Å²) in [5, 5.41) is 10.4. The van der Waals surface area contributed by atoms with Gasteiger partial charge in [0.1, 0.15) is 11.9 Å². The van der Waals surface area contributed by atoms with Gasteiger partial charge >= 0.3 is 0 Å². The monoisotopic (exact) mass is 331 g/mol. The van der Waals surface area contributed by atoms with Crippen LogP contribution in [0, 0.1) is 0 Å². The maximum atomic E-state index is 10.4. The summed E-state index contributed by atoms with van der Waals surface area (Å²) in [6.07, 6.45) is -1.66. The number of aliphatic hydroxyl groups excluding tert-OH is 1. The van der Waals surface area contributed by atoms with Gasteiger partial charge in [0.2, 0.25) is 0 Å². The first-order valence-corrected chi connectivity index (χ1v) is 6.71. The van der Waals surface area contributed by atoms with E-state index in [0.717, 1.165) is 10.0 Å². The Kier molecular flexibility index (Phi) is 4.17. The normalized spacial score (nSPS) is 30.1. The average molecular weight is 332 g/mol. The maximum absolute atomic E-state index is 10.4. The van der Waals surface area contributed by atoms with Crippen molar-refractivity contribution in [3.8, 4) is 5.75 Å². The van der Waals surface area contributed by atoms with Crippen LogP contribution in [0.1, 0.15) is 18.5 Å². The van der Waals surface area contributed by atoms with Gasteiger partial charge in [-0.2, -0.15) is 0 Å². The Hall–Kier alpha value is -0.660. The van der Waals surface area contributed by atoms with Gasteiger partial charge in [0.05, 0.1) is 6.04 Å². The summed E-state index contributed by atoms with van der Waals surface area (Å²) in [5.41, 5.74) is 5.81. The molecule has 5 nitrogen and oxygen atoms in total. The van der Waals surface area contributed by atoms with Gasteiger partial charge in [0, 0.05) is 24.3 Å². The number of aliphatic hydroxyl groups is 1. The molecule has 0 bridgehead atoms. The third kappa shape index (κ3) is 2.39. The Labute approximate surface area is 120 Å². The van der Waals surface area contributed by atoms with Crippen LogP contribution >= 0.6 is 15.9 Å². The molecule has 0 spiro atoms. The van der Waals surface area contributed by atoms with Crippen molar-refractivity contribution in [2.75, 3.05) is 14.2 Å². The van der Waals surface area contributed by atoms with E-state index in [4.69, 9.17) is 19.9 Å². The van der Waals surface area contributed by atoms with E-state index >= 15 is 0 Å². The summed E-state index contributed by atoms with van der Waals surface area (Å²) in [6, 6.07) is 4.95. The molecular weight excluding hydrogens is 314 g/mol. The van der Waals surface area contributed by atoms with E-state index in [1.165, 1.54) is 14.2 Å². The molecule has 2 rings (SSSR count). The number of halogens is 1. The van der Waals surface area contributed by atoms with Crippen LogP contribution in [0.4, 0.5) is 0 Å². The lowest BCUT2D eigenvalue weighted by molar-refractivity contribution is -0.237. The van der Waals surface area contributed by atoms with Crippen molar-refractivity contribution in [3.63, 3.8) is 0 Å². The topological polar surface area (TPSA) is 73.9 Å². The Balaban J connectivity index is 2.45. The van der Waals surface area contributed by atoms with Crippen LogP contribution in [0.25, 0.3) is 0 Å². The molecule has 0 aromatic heterocycles. The number of benzene rings is 1. The van der Waals surface area contributed by atoms with Crippen molar-refractivity contribution in [2.24, 2.45) is 5.73 Å². The predicted octanol–water partition coefficient (Wildman–Crippen LogP) is 1.58. The SMILES string of the molecule is COC(OC)[C@@]1(C)Oc2ccc(Br)cc2[C@@H](N)[C@@H]1O. The molecule has 0 saturated heterocycles. The number of hydrogen-bond donors (Lipinski definition) is 2.